The summed E-state index contributed by atoms with van der Waals surface area (Å²) in [5, 5.41) is 14.5. The Hall–Kier alpha value is -1.26. The fraction of sp³-hybridized carbons (Fsp3) is 0.867. The number of nitrogens with one attached hydrogen (secondary N) is 1. The summed E-state index contributed by atoms with van der Waals surface area (Å²) in [4.78, 5) is 12.4. The highest BCUT2D eigenvalue weighted by molar-refractivity contribution is 5.80. The monoisotopic (exact) mass is 279 g/mol. The molecule has 0 unspecified atom stereocenters. The topological polar surface area (TPSA) is 87.7 Å². The molecule has 5 heteroatoms. The largest absolute Gasteiger partial charge is 0.409 e. The minimum Gasteiger partial charge on any atom is -0.409 e. The first-order valence-electron chi connectivity index (χ1n) is 7.91. The summed E-state index contributed by atoms with van der Waals surface area (Å²) in [5.74, 6) is 3.81. The molecule has 0 radical (unpaired) electrons. The molecule has 4 N–H and O–H groups in total. The SMILES string of the molecule is NC(CCCNC(=O)C1C2CC3CC(C2)CC1C3)=NO. The second-order valence-electron chi connectivity index (χ2n) is 6.94. The normalized spacial score (nSPS) is 39.0. The number of oxime groups is 1. The molecule has 4 rings (SSSR count). The van der Waals surface area contributed by atoms with Crippen molar-refractivity contribution in [2.24, 2.45) is 40.5 Å². The van der Waals surface area contributed by atoms with E-state index in [9.17, 15) is 4.79 Å². The van der Waals surface area contributed by atoms with Gasteiger partial charge in [-0.15, -0.1) is 0 Å². The standard InChI is InChI=1S/C15H25N3O2/c16-13(18-20)2-1-3-17-15(19)14-11-5-9-4-10(7-11)8-12(14)6-9/h9-12,14,20H,1-8H2,(H2,16,18)(H,17,19). The van der Waals surface area contributed by atoms with Crippen molar-refractivity contribution >= 4 is 11.7 Å². The van der Waals surface area contributed by atoms with Crippen LogP contribution in [0.1, 0.15) is 44.9 Å². The molecule has 0 atom stereocenters. The lowest BCUT2D eigenvalue weighted by Gasteiger charge is -2.53. The molecule has 20 heavy (non-hydrogen) atoms. The predicted molar refractivity (Wildman–Crippen MR) is 76.2 cm³/mol. The average molecular weight is 279 g/mol. The summed E-state index contributed by atoms with van der Waals surface area (Å²) >= 11 is 0. The zero-order valence-electron chi connectivity index (χ0n) is 11.9. The fourth-order valence-electron chi connectivity index (χ4n) is 5.00. The number of carbonyl (C=O) groups excluding carboxylic acids is 1. The lowest BCUT2D eigenvalue weighted by Crippen LogP contribution is -2.51. The van der Waals surface area contributed by atoms with Crippen LogP contribution in [0, 0.1) is 29.6 Å². The van der Waals surface area contributed by atoms with E-state index in [1.54, 1.807) is 0 Å². The van der Waals surface area contributed by atoms with Gasteiger partial charge in [0.05, 0.1) is 0 Å². The summed E-state index contributed by atoms with van der Waals surface area (Å²) in [5.41, 5.74) is 5.41. The van der Waals surface area contributed by atoms with E-state index in [0.717, 1.165) is 18.3 Å². The van der Waals surface area contributed by atoms with Gasteiger partial charge in [0.25, 0.3) is 0 Å². The maximum absolute atomic E-state index is 12.4. The molecule has 4 aliphatic carbocycles. The highest BCUT2D eigenvalue weighted by Gasteiger charge is 2.50. The number of amidine groups is 1. The minimum atomic E-state index is 0.230. The lowest BCUT2D eigenvalue weighted by molar-refractivity contribution is -0.138. The van der Waals surface area contributed by atoms with E-state index in [0.29, 0.717) is 24.8 Å². The molecular weight excluding hydrogens is 254 g/mol. The zero-order chi connectivity index (χ0) is 14.1. The Labute approximate surface area is 120 Å². The number of nitrogens with zero attached hydrogens (tertiary/aromatic N) is 1. The second-order valence-corrected chi connectivity index (χ2v) is 6.94. The van der Waals surface area contributed by atoms with Crippen LogP contribution >= 0.6 is 0 Å². The third kappa shape index (κ3) is 2.63. The van der Waals surface area contributed by atoms with Gasteiger partial charge in [0.15, 0.2) is 0 Å². The molecule has 0 aromatic heterocycles. The zero-order valence-corrected chi connectivity index (χ0v) is 11.9. The number of rotatable bonds is 5. The Morgan fingerprint density at radius 1 is 1.15 bits per heavy atom. The van der Waals surface area contributed by atoms with Crippen molar-refractivity contribution in [3.63, 3.8) is 0 Å². The van der Waals surface area contributed by atoms with Gasteiger partial charge < -0.3 is 16.3 Å². The molecule has 1 amide bonds. The number of carbonyl (C=O) groups is 1. The van der Waals surface area contributed by atoms with Crippen LogP contribution in [-0.2, 0) is 4.79 Å². The third-order valence-corrected chi connectivity index (χ3v) is 5.57. The second kappa shape index (κ2) is 5.62. The van der Waals surface area contributed by atoms with Crippen LogP contribution in [0.2, 0.25) is 0 Å². The summed E-state index contributed by atoms with van der Waals surface area (Å²) < 4.78 is 0. The number of hydrogen-bond donors (Lipinski definition) is 3. The first-order chi connectivity index (χ1) is 9.67. The number of nitrogens with two attached hydrogens (primary N) is 1. The molecule has 4 bridgehead atoms. The van der Waals surface area contributed by atoms with E-state index >= 15 is 0 Å². The van der Waals surface area contributed by atoms with Crippen LogP contribution in [0.4, 0.5) is 0 Å². The van der Waals surface area contributed by atoms with E-state index in [4.69, 9.17) is 10.9 Å². The molecule has 112 valence electrons. The quantitative estimate of drug-likeness (QED) is 0.235. The first kappa shape index (κ1) is 13.7. The van der Waals surface area contributed by atoms with E-state index < -0.39 is 0 Å². The molecule has 0 saturated heterocycles. The maximum atomic E-state index is 12.4. The smallest absolute Gasteiger partial charge is 0.223 e. The summed E-state index contributed by atoms with van der Waals surface area (Å²) in [6.45, 7) is 0.623. The van der Waals surface area contributed by atoms with Crippen LogP contribution in [0.3, 0.4) is 0 Å². The maximum Gasteiger partial charge on any atom is 0.223 e. The van der Waals surface area contributed by atoms with Crippen molar-refractivity contribution < 1.29 is 10.0 Å². The molecule has 0 aromatic rings. The van der Waals surface area contributed by atoms with Crippen molar-refractivity contribution in [1.29, 1.82) is 0 Å². The lowest BCUT2D eigenvalue weighted by atomic mass is 9.51. The first-order valence-corrected chi connectivity index (χ1v) is 7.91. The molecule has 0 aromatic carbocycles. The Kier molecular flexibility index (Phi) is 3.85. The average Bonchev–Trinajstić information content (AvgIpc) is 2.42. The molecule has 0 aliphatic heterocycles. The van der Waals surface area contributed by atoms with Crippen LogP contribution in [0.5, 0.6) is 0 Å². The van der Waals surface area contributed by atoms with Crippen molar-refractivity contribution in [3.8, 4) is 0 Å². The van der Waals surface area contributed by atoms with Crippen LogP contribution < -0.4 is 11.1 Å². The Morgan fingerprint density at radius 3 is 2.30 bits per heavy atom. The number of amides is 1. The Bertz CT molecular complexity index is 380. The van der Waals surface area contributed by atoms with Crippen LogP contribution in [0.15, 0.2) is 5.16 Å². The van der Waals surface area contributed by atoms with Gasteiger partial charge >= 0.3 is 0 Å². The summed E-state index contributed by atoms with van der Waals surface area (Å²) in [6, 6.07) is 0. The van der Waals surface area contributed by atoms with E-state index in [-0.39, 0.29) is 17.7 Å². The van der Waals surface area contributed by atoms with Gasteiger partial charge in [-0.1, -0.05) is 5.16 Å². The van der Waals surface area contributed by atoms with E-state index in [2.05, 4.69) is 10.5 Å². The van der Waals surface area contributed by atoms with Gasteiger partial charge in [0.2, 0.25) is 5.91 Å². The highest BCUT2D eigenvalue weighted by atomic mass is 16.4. The molecular formula is C15H25N3O2. The molecule has 4 aliphatic rings. The third-order valence-electron chi connectivity index (χ3n) is 5.57. The van der Waals surface area contributed by atoms with Crippen molar-refractivity contribution in [3.05, 3.63) is 0 Å². The number of hydrogen-bond acceptors (Lipinski definition) is 3. The van der Waals surface area contributed by atoms with Gasteiger partial charge in [0, 0.05) is 18.9 Å². The molecule has 4 saturated carbocycles. The van der Waals surface area contributed by atoms with Gasteiger partial charge in [-0.2, -0.15) is 0 Å². The predicted octanol–water partition coefficient (Wildman–Crippen LogP) is 1.70. The summed E-state index contributed by atoms with van der Waals surface area (Å²) in [6.07, 6.45) is 7.77. The van der Waals surface area contributed by atoms with Crippen molar-refractivity contribution in [2.45, 2.75) is 44.9 Å². The Morgan fingerprint density at radius 2 is 1.75 bits per heavy atom. The molecule has 5 nitrogen and oxygen atoms in total. The van der Waals surface area contributed by atoms with Crippen LogP contribution in [-0.4, -0.2) is 23.5 Å². The van der Waals surface area contributed by atoms with Crippen molar-refractivity contribution in [1.82, 2.24) is 5.32 Å². The Balaban J connectivity index is 1.48. The van der Waals surface area contributed by atoms with E-state index in [1.807, 2.05) is 0 Å². The van der Waals surface area contributed by atoms with Crippen LogP contribution in [0.25, 0.3) is 0 Å². The van der Waals surface area contributed by atoms with Gasteiger partial charge in [-0.25, -0.2) is 0 Å². The van der Waals surface area contributed by atoms with Gasteiger partial charge in [0.1, 0.15) is 5.84 Å². The fourth-order valence-corrected chi connectivity index (χ4v) is 5.00. The molecule has 0 spiro atoms. The van der Waals surface area contributed by atoms with E-state index in [1.165, 1.54) is 32.1 Å². The van der Waals surface area contributed by atoms with Gasteiger partial charge in [-0.3, -0.25) is 4.79 Å². The van der Waals surface area contributed by atoms with Gasteiger partial charge in [-0.05, 0) is 62.2 Å². The highest BCUT2D eigenvalue weighted by Crippen LogP contribution is 2.56. The molecule has 0 heterocycles. The molecule has 4 fully saturated rings. The minimum absolute atomic E-state index is 0.230. The summed E-state index contributed by atoms with van der Waals surface area (Å²) in [7, 11) is 0. The van der Waals surface area contributed by atoms with Crippen molar-refractivity contribution in [2.75, 3.05) is 6.54 Å².